The van der Waals surface area contributed by atoms with Crippen molar-refractivity contribution in [1.29, 1.82) is 0 Å². The van der Waals surface area contributed by atoms with E-state index in [9.17, 15) is 10.1 Å². The average molecular weight is 311 g/mol. The van der Waals surface area contributed by atoms with Crippen LogP contribution in [0.3, 0.4) is 0 Å². The zero-order valence-corrected chi connectivity index (χ0v) is 11.2. The van der Waals surface area contributed by atoms with Crippen molar-refractivity contribution in [2.24, 2.45) is 0 Å². The topological polar surface area (TPSA) is 68.3 Å². The molecule has 1 aromatic heterocycles. The average Bonchev–Trinajstić information content (AvgIpc) is 2.74. The molecule has 1 N–H and O–H groups in total. The summed E-state index contributed by atoms with van der Waals surface area (Å²) in [6.07, 6.45) is 0. The molecular weight excluding hydrogens is 300 g/mol. The number of nitro groups is 1. The third-order valence-electron chi connectivity index (χ3n) is 2.41. The monoisotopic (exact) mass is 310 g/mol. The van der Waals surface area contributed by atoms with Crippen LogP contribution in [-0.2, 0) is 6.54 Å². The van der Waals surface area contributed by atoms with E-state index < -0.39 is 4.92 Å². The summed E-state index contributed by atoms with van der Waals surface area (Å²) >= 11 is 3.14. The van der Waals surface area contributed by atoms with Crippen LogP contribution in [0.15, 0.2) is 39.2 Å². The minimum absolute atomic E-state index is 0.0376. The quantitative estimate of drug-likeness (QED) is 0.687. The lowest BCUT2D eigenvalue weighted by atomic mass is 10.3. The Labute approximate surface area is 112 Å². The summed E-state index contributed by atoms with van der Waals surface area (Å²) in [6.45, 7) is 2.36. The Kier molecular flexibility index (Phi) is 3.66. The Balaban J connectivity index is 2.10. The highest BCUT2D eigenvalue weighted by Crippen LogP contribution is 2.28. The number of aryl methyl sites for hydroxylation is 1. The number of nitrogens with one attached hydrogen (secondary N) is 1. The zero-order valence-electron chi connectivity index (χ0n) is 9.64. The van der Waals surface area contributed by atoms with Crippen molar-refractivity contribution in [3.63, 3.8) is 0 Å². The number of halogens is 1. The molecule has 0 aliphatic heterocycles. The molecule has 0 saturated heterocycles. The van der Waals surface area contributed by atoms with Gasteiger partial charge in [0.1, 0.15) is 11.5 Å². The minimum Gasteiger partial charge on any atom is -0.465 e. The van der Waals surface area contributed by atoms with E-state index in [0.717, 1.165) is 11.5 Å². The van der Waals surface area contributed by atoms with Crippen molar-refractivity contribution < 1.29 is 9.34 Å². The molecule has 2 rings (SSSR count). The molecule has 0 atom stereocenters. The first-order chi connectivity index (χ1) is 8.56. The summed E-state index contributed by atoms with van der Waals surface area (Å²) in [6, 6.07) is 8.65. The lowest BCUT2D eigenvalue weighted by Gasteiger charge is -2.05. The number of rotatable bonds is 4. The Hall–Kier alpha value is -1.82. The minimum atomic E-state index is -0.424. The molecule has 0 unspecified atom stereocenters. The fourth-order valence-corrected chi connectivity index (χ4v) is 1.92. The smallest absolute Gasteiger partial charge is 0.285 e. The first-order valence-corrected chi connectivity index (χ1v) is 6.08. The molecule has 2 aromatic rings. The van der Waals surface area contributed by atoms with Crippen LogP contribution < -0.4 is 5.32 Å². The number of anilines is 1. The van der Waals surface area contributed by atoms with Gasteiger partial charge in [0.25, 0.3) is 5.69 Å². The molecule has 6 heteroatoms. The summed E-state index contributed by atoms with van der Waals surface area (Å²) in [5, 5.41) is 13.9. The number of benzene rings is 1. The zero-order chi connectivity index (χ0) is 13.1. The van der Waals surface area contributed by atoms with Crippen molar-refractivity contribution in [1.82, 2.24) is 0 Å². The number of hydrogen-bond donors (Lipinski definition) is 1. The standard InChI is InChI=1S/C12H11BrN2O3/c1-8-2-4-10(18-8)7-14-9-3-5-11(13)12(6-9)15(16)17/h2-6,14H,7H2,1H3. The lowest BCUT2D eigenvalue weighted by molar-refractivity contribution is -0.385. The van der Waals surface area contributed by atoms with Gasteiger partial charge in [0.15, 0.2) is 0 Å². The number of nitrogens with zero attached hydrogens (tertiary/aromatic N) is 1. The summed E-state index contributed by atoms with van der Waals surface area (Å²) in [7, 11) is 0. The van der Waals surface area contributed by atoms with Crippen LogP contribution in [-0.4, -0.2) is 4.92 Å². The van der Waals surface area contributed by atoms with E-state index in [0.29, 0.717) is 16.7 Å². The highest BCUT2D eigenvalue weighted by Gasteiger charge is 2.12. The predicted octanol–water partition coefficient (Wildman–Crippen LogP) is 3.87. The molecule has 94 valence electrons. The normalized spacial score (nSPS) is 10.3. The largest absolute Gasteiger partial charge is 0.465 e. The van der Waals surface area contributed by atoms with E-state index in [-0.39, 0.29) is 5.69 Å². The van der Waals surface area contributed by atoms with Gasteiger partial charge in [-0.15, -0.1) is 0 Å². The molecule has 0 bridgehead atoms. The van der Waals surface area contributed by atoms with Gasteiger partial charge in [-0.3, -0.25) is 10.1 Å². The van der Waals surface area contributed by atoms with E-state index in [1.807, 2.05) is 19.1 Å². The fourth-order valence-electron chi connectivity index (χ4n) is 1.53. The van der Waals surface area contributed by atoms with Crippen LogP contribution in [0.2, 0.25) is 0 Å². The van der Waals surface area contributed by atoms with Gasteiger partial charge >= 0.3 is 0 Å². The molecule has 1 aromatic carbocycles. The highest BCUT2D eigenvalue weighted by molar-refractivity contribution is 9.10. The fraction of sp³-hybridized carbons (Fsp3) is 0.167. The van der Waals surface area contributed by atoms with Gasteiger partial charge in [-0.2, -0.15) is 0 Å². The summed E-state index contributed by atoms with van der Waals surface area (Å²) in [5.74, 6) is 1.63. The molecule has 1 heterocycles. The first kappa shape index (κ1) is 12.6. The van der Waals surface area contributed by atoms with Crippen LogP contribution in [0.5, 0.6) is 0 Å². The van der Waals surface area contributed by atoms with Gasteiger partial charge in [-0.1, -0.05) is 0 Å². The Morgan fingerprint density at radius 3 is 2.78 bits per heavy atom. The summed E-state index contributed by atoms with van der Waals surface area (Å²) in [5.41, 5.74) is 0.717. The number of nitro benzene ring substituents is 1. The van der Waals surface area contributed by atoms with Crippen LogP contribution in [0, 0.1) is 17.0 Å². The van der Waals surface area contributed by atoms with Gasteiger partial charge < -0.3 is 9.73 Å². The predicted molar refractivity (Wildman–Crippen MR) is 71.6 cm³/mol. The van der Waals surface area contributed by atoms with Gasteiger partial charge in [0, 0.05) is 11.8 Å². The van der Waals surface area contributed by atoms with Crippen LogP contribution >= 0.6 is 15.9 Å². The van der Waals surface area contributed by atoms with E-state index in [4.69, 9.17) is 4.42 Å². The van der Waals surface area contributed by atoms with E-state index in [1.165, 1.54) is 6.07 Å². The molecule has 0 spiro atoms. The molecule has 0 fully saturated rings. The third kappa shape index (κ3) is 2.89. The SMILES string of the molecule is Cc1ccc(CNc2ccc(Br)c([N+](=O)[O-])c2)o1. The van der Waals surface area contributed by atoms with Gasteiger partial charge in [0.05, 0.1) is 15.9 Å². The van der Waals surface area contributed by atoms with Crippen molar-refractivity contribution in [3.8, 4) is 0 Å². The molecule has 0 radical (unpaired) electrons. The number of furan rings is 1. The molecule has 0 aliphatic carbocycles. The molecule has 0 aliphatic rings. The molecular formula is C12H11BrN2O3. The van der Waals surface area contributed by atoms with Crippen molar-refractivity contribution in [3.05, 3.63) is 56.4 Å². The van der Waals surface area contributed by atoms with Crippen LogP contribution in [0.25, 0.3) is 0 Å². The van der Waals surface area contributed by atoms with Crippen molar-refractivity contribution in [2.75, 3.05) is 5.32 Å². The Morgan fingerprint density at radius 1 is 1.39 bits per heavy atom. The van der Waals surface area contributed by atoms with Gasteiger partial charge in [0.2, 0.25) is 0 Å². The third-order valence-corrected chi connectivity index (χ3v) is 3.08. The van der Waals surface area contributed by atoms with Gasteiger partial charge in [-0.05, 0) is 47.1 Å². The summed E-state index contributed by atoms with van der Waals surface area (Å²) in [4.78, 5) is 10.4. The lowest BCUT2D eigenvalue weighted by Crippen LogP contribution is -1.99. The second-order valence-corrected chi connectivity index (χ2v) is 4.64. The molecule has 18 heavy (non-hydrogen) atoms. The van der Waals surface area contributed by atoms with E-state index in [1.54, 1.807) is 12.1 Å². The van der Waals surface area contributed by atoms with Crippen LogP contribution in [0.1, 0.15) is 11.5 Å². The van der Waals surface area contributed by atoms with Crippen LogP contribution in [0.4, 0.5) is 11.4 Å². The second-order valence-electron chi connectivity index (χ2n) is 3.79. The van der Waals surface area contributed by atoms with E-state index in [2.05, 4.69) is 21.2 Å². The van der Waals surface area contributed by atoms with Crippen molar-refractivity contribution >= 4 is 27.3 Å². The molecule has 5 nitrogen and oxygen atoms in total. The maximum atomic E-state index is 10.8. The Bertz CT molecular complexity index is 580. The Morgan fingerprint density at radius 2 is 2.17 bits per heavy atom. The molecule has 0 amide bonds. The maximum Gasteiger partial charge on any atom is 0.285 e. The second kappa shape index (κ2) is 5.22. The maximum absolute atomic E-state index is 10.8. The van der Waals surface area contributed by atoms with E-state index >= 15 is 0 Å². The molecule has 0 saturated carbocycles. The van der Waals surface area contributed by atoms with Crippen molar-refractivity contribution in [2.45, 2.75) is 13.5 Å². The van der Waals surface area contributed by atoms with Gasteiger partial charge in [-0.25, -0.2) is 0 Å². The summed E-state index contributed by atoms with van der Waals surface area (Å²) < 4.78 is 5.87. The number of hydrogen-bond acceptors (Lipinski definition) is 4. The highest BCUT2D eigenvalue weighted by atomic mass is 79.9. The first-order valence-electron chi connectivity index (χ1n) is 5.29.